The van der Waals surface area contributed by atoms with E-state index in [0.717, 1.165) is 9.50 Å². The molecule has 1 atom stereocenters. The summed E-state index contributed by atoms with van der Waals surface area (Å²) in [5.41, 5.74) is 1.27. The van der Waals surface area contributed by atoms with Crippen molar-refractivity contribution in [2.75, 3.05) is 7.05 Å². The van der Waals surface area contributed by atoms with Gasteiger partial charge in [-0.2, -0.15) is 0 Å². The topological polar surface area (TPSA) is 12.0 Å². The van der Waals surface area contributed by atoms with Crippen LogP contribution in [0.3, 0.4) is 0 Å². The van der Waals surface area contributed by atoms with Crippen molar-refractivity contribution >= 4 is 39.3 Å². The monoisotopic (exact) mass is 355 g/mol. The van der Waals surface area contributed by atoms with Gasteiger partial charge < -0.3 is 5.32 Å². The third-order valence-corrected chi connectivity index (χ3v) is 5.18. The molecule has 4 heteroatoms. The zero-order valence-corrected chi connectivity index (χ0v) is 13.9. The molecule has 100 valence electrons. The Labute approximate surface area is 131 Å². The van der Waals surface area contributed by atoms with Gasteiger partial charge in [0.05, 0.1) is 0 Å². The van der Waals surface area contributed by atoms with Crippen LogP contribution in [0.5, 0.6) is 0 Å². The van der Waals surface area contributed by atoms with Crippen LogP contribution in [0.25, 0.3) is 0 Å². The summed E-state index contributed by atoms with van der Waals surface area (Å²) in [6.45, 7) is 2.15. The van der Waals surface area contributed by atoms with Crippen LogP contribution in [0.15, 0.2) is 56.7 Å². The van der Waals surface area contributed by atoms with E-state index < -0.39 is 0 Å². The van der Waals surface area contributed by atoms with Crippen molar-refractivity contribution in [3.05, 3.63) is 57.5 Å². The third-order valence-electron chi connectivity index (χ3n) is 2.93. The minimum absolute atomic E-state index is 0.353. The van der Waals surface area contributed by atoms with Crippen LogP contribution < -0.4 is 5.32 Å². The molecular formula is C15H15BrClNS. The summed E-state index contributed by atoms with van der Waals surface area (Å²) in [6.07, 6.45) is 0. The Balaban J connectivity index is 2.19. The molecule has 0 aromatic heterocycles. The molecule has 0 heterocycles. The molecule has 1 nitrogen and oxygen atoms in total. The first-order valence-corrected chi connectivity index (χ1v) is 7.99. The zero-order valence-electron chi connectivity index (χ0n) is 10.8. The smallest absolute Gasteiger partial charge is 0.0406 e. The number of nitrogens with one attached hydrogen (secondary N) is 1. The second kappa shape index (κ2) is 6.80. The molecule has 1 unspecified atom stereocenters. The molecule has 1 N–H and O–H groups in total. The molecule has 0 aliphatic heterocycles. The van der Waals surface area contributed by atoms with Gasteiger partial charge in [-0.1, -0.05) is 29.4 Å². The van der Waals surface area contributed by atoms with Crippen LogP contribution in [0.1, 0.15) is 18.5 Å². The van der Waals surface area contributed by atoms with E-state index in [2.05, 4.69) is 46.4 Å². The Bertz CT molecular complexity index is 557. The van der Waals surface area contributed by atoms with Crippen molar-refractivity contribution in [2.24, 2.45) is 0 Å². The fourth-order valence-corrected chi connectivity index (χ4v) is 3.25. The van der Waals surface area contributed by atoms with Gasteiger partial charge in [-0.15, -0.1) is 0 Å². The van der Waals surface area contributed by atoms with Gasteiger partial charge in [0.25, 0.3) is 0 Å². The van der Waals surface area contributed by atoms with Crippen LogP contribution in [0.4, 0.5) is 0 Å². The van der Waals surface area contributed by atoms with Crippen LogP contribution >= 0.6 is 39.3 Å². The lowest BCUT2D eigenvalue weighted by molar-refractivity contribution is 0.651. The highest BCUT2D eigenvalue weighted by Crippen LogP contribution is 2.35. The maximum Gasteiger partial charge on any atom is 0.0406 e. The normalized spacial score (nSPS) is 12.4. The molecule has 0 saturated carbocycles. The van der Waals surface area contributed by atoms with Gasteiger partial charge in [-0.25, -0.2) is 0 Å². The summed E-state index contributed by atoms with van der Waals surface area (Å²) in [6, 6.07) is 14.7. The highest BCUT2D eigenvalue weighted by atomic mass is 79.9. The number of hydrogen-bond acceptors (Lipinski definition) is 2. The fourth-order valence-electron chi connectivity index (χ4n) is 1.67. The lowest BCUT2D eigenvalue weighted by Crippen LogP contribution is -2.12. The first-order valence-electron chi connectivity index (χ1n) is 6.00. The predicted molar refractivity (Wildman–Crippen MR) is 87.2 cm³/mol. The maximum atomic E-state index is 5.89. The number of halogens is 2. The lowest BCUT2D eigenvalue weighted by atomic mass is 10.1. The van der Waals surface area contributed by atoms with Crippen molar-refractivity contribution in [3.8, 4) is 0 Å². The standard InChI is InChI=1S/C15H15BrClNS/c1-10(18-2)11-3-8-15(14(16)9-11)19-13-6-4-12(17)5-7-13/h3-10,18H,1-2H3. The highest BCUT2D eigenvalue weighted by molar-refractivity contribution is 9.10. The van der Waals surface area contributed by atoms with Gasteiger partial charge >= 0.3 is 0 Å². The minimum atomic E-state index is 0.353. The van der Waals surface area contributed by atoms with Gasteiger partial charge in [0, 0.05) is 25.3 Å². The molecule has 2 rings (SSSR count). The summed E-state index contributed by atoms with van der Waals surface area (Å²) in [5, 5.41) is 4.01. The fraction of sp³-hybridized carbons (Fsp3) is 0.200. The SMILES string of the molecule is CNC(C)c1ccc(Sc2ccc(Cl)cc2)c(Br)c1. The molecule has 0 radical (unpaired) electrons. The van der Waals surface area contributed by atoms with E-state index in [9.17, 15) is 0 Å². The van der Waals surface area contributed by atoms with Crippen LogP contribution in [-0.2, 0) is 0 Å². The van der Waals surface area contributed by atoms with E-state index in [0.29, 0.717) is 6.04 Å². The molecule has 2 aromatic carbocycles. The summed E-state index contributed by atoms with van der Waals surface area (Å²) >= 11 is 11.3. The van der Waals surface area contributed by atoms with Gasteiger partial charge in [0.1, 0.15) is 0 Å². The quantitative estimate of drug-likeness (QED) is 0.772. The van der Waals surface area contributed by atoms with Crippen molar-refractivity contribution in [2.45, 2.75) is 22.8 Å². The number of hydrogen-bond donors (Lipinski definition) is 1. The molecule has 0 fully saturated rings. The van der Waals surface area contributed by atoms with E-state index in [1.54, 1.807) is 11.8 Å². The minimum Gasteiger partial charge on any atom is -0.313 e. The van der Waals surface area contributed by atoms with Gasteiger partial charge in [-0.3, -0.25) is 0 Å². The van der Waals surface area contributed by atoms with E-state index in [-0.39, 0.29) is 0 Å². The largest absolute Gasteiger partial charge is 0.313 e. The molecule has 0 spiro atoms. The number of benzene rings is 2. The van der Waals surface area contributed by atoms with E-state index in [4.69, 9.17) is 11.6 Å². The maximum absolute atomic E-state index is 5.89. The second-order valence-corrected chi connectivity index (χ2v) is 6.66. The average Bonchev–Trinajstić information content (AvgIpc) is 2.42. The molecular weight excluding hydrogens is 342 g/mol. The van der Waals surface area contributed by atoms with Crippen molar-refractivity contribution in [1.82, 2.24) is 5.32 Å². The Kier molecular flexibility index (Phi) is 5.34. The summed E-state index contributed by atoms with van der Waals surface area (Å²) < 4.78 is 1.12. The summed E-state index contributed by atoms with van der Waals surface area (Å²) in [4.78, 5) is 2.38. The predicted octanol–water partition coefficient (Wildman–Crippen LogP) is 5.53. The van der Waals surface area contributed by atoms with Crippen molar-refractivity contribution in [3.63, 3.8) is 0 Å². The lowest BCUT2D eigenvalue weighted by Gasteiger charge is -2.12. The Morgan fingerprint density at radius 1 is 1.16 bits per heavy atom. The Morgan fingerprint density at radius 3 is 2.42 bits per heavy atom. The molecule has 0 bridgehead atoms. The Hall–Kier alpha value is -0.480. The molecule has 0 saturated heterocycles. The second-order valence-electron chi connectivity index (χ2n) is 4.26. The van der Waals surface area contributed by atoms with Crippen molar-refractivity contribution in [1.29, 1.82) is 0 Å². The van der Waals surface area contributed by atoms with Crippen LogP contribution in [0, 0.1) is 0 Å². The first-order chi connectivity index (χ1) is 9.10. The molecule has 19 heavy (non-hydrogen) atoms. The van der Waals surface area contributed by atoms with E-state index in [1.807, 2.05) is 31.3 Å². The third kappa shape index (κ3) is 3.99. The summed E-state index contributed by atoms with van der Waals surface area (Å²) in [5.74, 6) is 0. The number of rotatable bonds is 4. The molecule has 0 aliphatic carbocycles. The Morgan fingerprint density at radius 2 is 1.84 bits per heavy atom. The van der Waals surface area contributed by atoms with E-state index in [1.165, 1.54) is 15.4 Å². The average molecular weight is 357 g/mol. The van der Waals surface area contributed by atoms with E-state index >= 15 is 0 Å². The summed E-state index contributed by atoms with van der Waals surface area (Å²) in [7, 11) is 1.97. The first kappa shape index (κ1) is 14.9. The molecule has 2 aromatic rings. The molecule has 0 amide bonds. The van der Waals surface area contributed by atoms with Crippen molar-refractivity contribution < 1.29 is 0 Å². The van der Waals surface area contributed by atoms with Gasteiger partial charge in [0.2, 0.25) is 0 Å². The highest BCUT2D eigenvalue weighted by Gasteiger charge is 2.07. The van der Waals surface area contributed by atoms with Gasteiger partial charge in [0.15, 0.2) is 0 Å². The van der Waals surface area contributed by atoms with Crippen LogP contribution in [-0.4, -0.2) is 7.05 Å². The van der Waals surface area contributed by atoms with Crippen LogP contribution in [0.2, 0.25) is 5.02 Å². The molecule has 0 aliphatic rings. The zero-order chi connectivity index (χ0) is 13.8. The van der Waals surface area contributed by atoms with Gasteiger partial charge in [-0.05, 0) is 71.9 Å².